The molecule has 0 amide bonds. The van der Waals surface area contributed by atoms with E-state index in [2.05, 4.69) is 22.3 Å². The standard InChI is InChI=1S/C10H18N4/c1-2-3-4-5-9(14-11)10-8-12-6-7-13-10/h6-9,14H,2-5,11H2,1H3. The molecule has 1 atom stereocenters. The number of hydrazine groups is 1. The van der Waals surface area contributed by atoms with Gasteiger partial charge in [-0.25, -0.2) is 0 Å². The number of aromatic nitrogens is 2. The fourth-order valence-corrected chi connectivity index (χ4v) is 1.41. The number of rotatable bonds is 6. The van der Waals surface area contributed by atoms with Crippen LogP contribution in [0.3, 0.4) is 0 Å². The molecule has 3 N–H and O–H groups in total. The van der Waals surface area contributed by atoms with Gasteiger partial charge in [0.15, 0.2) is 0 Å². The van der Waals surface area contributed by atoms with E-state index in [0.717, 1.165) is 12.1 Å². The quantitative estimate of drug-likeness (QED) is 0.410. The van der Waals surface area contributed by atoms with Crippen molar-refractivity contribution in [3.8, 4) is 0 Å². The molecule has 0 fully saturated rings. The number of hydrogen-bond donors (Lipinski definition) is 2. The third-order valence-corrected chi connectivity index (χ3v) is 2.24. The van der Waals surface area contributed by atoms with Gasteiger partial charge in [-0.2, -0.15) is 0 Å². The number of nitrogens with two attached hydrogens (primary N) is 1. The van der Waals surface area contributed by atoms with Crippen LogP contribution < -0.4 is 11.3 Å². The Hall–Kier alpha value is -1.00. The minimum atomic E-state index is 0.134. The van der Waals surface area contributed by atoms with E-state index in [-0.39, 0.29) is 6.04 Å². The van der Waals surface area contributed by atoms with Crippen LogP contribution in [-0.4, -0.2) is 9.97 Å². The van der Waals surface area contributed by atoms with Gasteiger partial charge in [-0.3, -0.25) is 21.2 Å². The highest BCUT2D eigenvalue weighted by molar-refractivity contribution is 5.01. The van der Waals surface area contributed by atoms with Gasteiger partial charge in [0.05, 0.1) is 17.9 Å². The van der Waals surface area contributed by atoms with Crippen molar-refractivity contribution in [2.45, 2.75) is 38.6 Å². The van der Waals surface area contributed by atoms with Gasteiger partial charge in [-0.05, 0) is 6.42 Å². The first-order valence-corrected chi connectivity index (χ1v) is 5.10. The van der Waals surface area contributed by atoms with Gasteiger partial charge in [0, 0.05) is 12.4 Å². The zero-order chi connectivity index (χ0) is 10.2. The topological polar surface area (TPSA) is 63.8 Å². The second-order valence-corrected chi connectivity index (χ2v) is 3.35. The molecule has 0 radical (unpaired) electrons. The van der Waals surface area contributed by atoms with E-state index in [9.17, 15) is 0 Å². The fourth-order valence-electron chi connectivity index (χ4n) is 1.41. The monoisotopic (exact) mass is 194 g/mol. The Morgan fingerprint density at radius 1 is 1.43 bits per heavy atom. The average Bonchev–Trinajstić information content (AvgIpc) is 2.26. The first-order valence-electron chi connectivity index (χ1n) is 5.10. The Labute approximate surface area is 84.9 Å². The molecule has 14 heavy (non-hydrogen) atoms. The second kappa shape index (κ2) is 6.45. The highest BCUT2D eigenvalue weighted by atomic mass is 15.2. The summed E-state index contributed by atoms with van der Waals surface area (Å²) in [6.07, 6.45) is 9.76. The highest BCUT2D eigenvalue weighted by Crippen LogP contribution is 2.15. The van der Waals surface area contributed by atoms with Gasteiger partial charge in [-0.1, -0.05) is 26.2 Å². The lowest BCUT2D eigenvalue weighted by Crippen LogP contribution is -2.28. The molecule has 0 aliphatic rings. The van der Waals surface area contributed by atoms with Gasteiger partial charge in [-0.15, -0.1) is 0 Å². The zero-order valence-corrected chi connectivity index (χ0v) is 8.61. The molecule has 4 nitrogen and oxygen atoms in total. The van der Waals surface area contributed by atoms with Crippen molar-refractivity contribution in [1.29, 1.82) is 0 Å². The van der Waals surface area contributed by atoms with Crippen LogP contribution in [0.5, 0.6) is 0 Å². The molecular weight excluding hydrogens is 176 g/mol. The average molecular weight is 194 g/mol. The molecule has 1 aromatic rings. The number of hydrogen-bond acceptors (Lipinski definition) is 4. The molecule has 78 valence electrons. The third-order valence-electron chi connectivity index (χ3n) is 2.24. The van der Waals surface area contributed by atoms with E-state index >= 15 is 0 Å². The molecule has 1 heterocycles. The van der Waals surface area contributed by atoms with E-state index in [1.807, 2.05) is 0 Å². The van der Waals surface area contributed by atoms with Gasteiger partial charge >= 0.3 is 0 Å². The Balaban J connectivity index is 2.46. The molecule has 1 aromatic heterocycles. The molecule has 0 saturated heterocycles. The Kier molecular flexibility index (Phi) is 5.11. The van der Waals surface area contributed by atoms with Crippen molar-refractivity contribution in [2.75, 3.05) is 0 Å². The van der Waals surface area contributed by atoms with Crippen LogP contribution in [0.15, 0.2) is 18.6 Å². The summed E-state index contributed by atoms with van der Waals surface area (Å²) in [7, 11) is 0. The molecule has 4 heteroatoms. The summed E-state index contributed by atoms with van der Waals surface area (Å²) in [5.41, 5.74) is 3.70. The number of nitrogens with zero attached hydrogens (tertiary/aromatic N) is 2. The molecule has 0 spiro atoms. The summed E-state index contributed by atoms with van der Waals surface area (Å²) < 4.78 is 0. The van der Waals surface area contributed by atoms with Crippen molar-refractivity contribution in [3.63, 3.8) is 0 Å². The normalized spacial score (nSPS) is 12.7. The van der Waals surface area contributed by atoms with Gasteiger partial charge < -0.3 is 0 Å². The minimum Gasteiger partial charge on any atom is -0.271 e. The predicted octanol–water partition coefficient (Wildman–Crippen LogP) is 1.56. The number of nitrogens with one attached hydrogen (secondary N) is 1. The van der Waals surface area contributed by atoms with Crippen molar-refractivity contribution < 1.29 is 0 Å². The summed E-state index contributed by atoms with van der Waals surface area (Å²) in [6, 6.07) is 0.134. The lowest BCUT2D eigenvalue weighted by atomic mass is 10.1. The van der Waals surface area contributed by atoms with E-state index < -0.39 is 0 Å². The largest absolute Gasteiger partial charge is 0.271 e. The third kappa shape index (κ3) is 3.40. The van der Waals surface area contributed by atoms with Crippen molar-refractivity contribution in [1.82, 2.24) is 15.4 Å². The Morgan fingerprint density at radius 3 is 2.86 bits per heavy atom. The summed E-state index contributed by atoms with van der Waals surface area (Å²) in [4.78, 5) is 8.25. The zero-order valence-electron chi connectivity index (χ0n) is 8.61. The first-order chi connectivity index (χ1) is 6.88. The molecule has 0 aliphatic carbocycles. The van der Waals surface area contributed by atoms with Gasteiger partial charge in [0.1, 0.15) is 0 Å². The minimum absolute atomic E-state index is 0.134. The lowest BCUT2D eigenvalue weighted by Gasteiger charge is -2.13. The van der Waals surface area contributed by atoms with Crippen molar-refractivity contribution in [3.05, 3.63) is 24.3 Å². The summed E-state index contributed by atoms with van der Waals surface area (Å²) >= 11 is 0. The fraction of sp³-hybridized carbons (Fsp3) is 0.600. The van der Waals surface area contributed by atoms with Crippen LogP contribution >= 0.6 is 0 Å². The maximum absolute atomic E-state index is 5.47. The van der Waals surface area contributed by atoms with E-state index in [0.29, 0.717) is 0 Å². The van der Waals surface area contributed by atoms with Crippen molar-refractivity contribution in [2.24, 2.45) is 5.84 Å². The van der Waals surface area contributed by atoms with E-state index in [1.54, 1.807) is 18.6 Å². The summed E-state index contributed by atoms with van der Waals surface area (Å²) in [6.45, 7) is 2.19. The Morgan fingerprint density at radius 2 is 2.29 bits per heavy atom. The molecule has 0 aromatic carbocycles. The van der Waals surface area contributed by atoms with Gasteiger partial charge in [0.25, 0.3) is 0 Å². The molecule has 0 bridgehead atoms. The number of unbranched alkanes of at least 4 members (excludes halogenated alkanes) is 2. The maximum atomic E-state index is 5.47. The first kappa shape index (κ1) is 11.1. The second-order valence-electron chi connectivity index (χ2n) is 3.35. The smallest absolute Gasteiger partial charge is 0.0769 e. The van der Waals surface area contributed by atoms with E-state index in [4.69, 9.17) is 5.84 Å². The molecule has 0 saturated carbocycles. The molecule has 0 aliphatic heterocycles. The summed E-state index contributed by atoms with van der Waals surface area (Å²) in [5, 5.41) is 0. The van der Waals surface area contributed by atoms with Crippen molar-refractivity contribution >= 4 is 0 Å². The Bertz CT molecular complexity index is 237. The molecule has 1 unspecified atom stereocenters. The highest BCUT2D eigenvalue weighted by Gasteiger charge is 2.09. The van der Waals surface area contributed by atoms with Crippen LogP contribution in [0.2, 0.25) is 0 Å². The lowest BCUT2D eigenvalue weighted by molar-refractivity contribution is 0.476. The van der Waals surface area contributed by atoms with Gasteiger partial charge in [0.2, 0.25) is 0 Å². The maximum Gasteiger partial charge on any atom is 0.0769 e. The molecule has 1 rings (SSSR count). The van der Waals surface area contributed by atoms with Crippen LogP contribution in [0.4, 0.5) is 0 Å². The van der Waals surface area contributed by atoms with E-state index in [1.165, 1.54) is 19.3 Å². The van der Waals surface area contributed by atoms with Crippen LogP contribution in [-0.2, 0) is 0 Å². The van der Waals surface area contributed by atoms with Crippen LogP contribution in [0.25, 0.3) is 0 Å². The molecular formula is C10H18N4. The van der Waals surface area contributed by atoms with Crippen LogP contribution in [0, 0.1) is 0 Å². The SMILES string of the molecule is CCCCCC(NN)c1cnccn1. The summed E-state index contributed by atoms with van der Waals surface area (Å²) in [5.74, 6) is 5.47. The van der Waals surface area contributed by atoms with Crippen LogP contribution in [0.1, 0.15) is 44.3 Å². The predicted molar refractivity (Wildman–Crippen MR) is 56.2 cm³/mol.